The minimum Gasteiger partial charge on any atom is -0.486 e. The maximum atomic E-state index is 12.3. The SMILES string of the molecule is CCC(=O)Nc1ccc(Cl)c(NC(=O)CSc2ccc3c(c2)OCCO3)c1. The molecule has 8 heteroatoms. The van der Waals surface area contributed by atoms with Gasteiger partial charge in [-0.1, -0.05) is 18.5 Å². The van der Waals surface area contributed by atoms with Crippen molar-refractivity contribution in [3.63, 3.8) is 0 Å². The number of amides is 2. The van der Waals surface area contributed by atoms with Crippen LogP contribution in [0.4, 0.5) is 11.4 Å². The van der Waals surface area contributed by atoms with Crippen LogP contribution >= 0.6 is 23.4 Å². The topological polar surface area (TPSA) is 76.7 Å². The number of hydrogen-bond acceptors (Lipinski definition) is 5. The highest BCUT2D eigenvalue weighted by Gasteiger charge is 2.13. The number of hydrogen-bond donors (Lipinski definition) is 2. The van der Waals surface area contributed by atoms with E-state index in [9.17, 15) is 9.59 Å². The van der Waals surface area contributed by atoms with Crippen molar-refractivity contribution in [1.82, 2.24) is 0 Å². The van der Waals surface area contributed by atoms with Crippen LogP contribution in [0.15, 0.2) is 41.3 Å². The Hall–Kier alpha value is -2.38. The van der Waals surface area contributed by atoms with Gasteiger partial charge in [0.05, 0.1) is 16.5 Å². The van der Waals surface area contributed by atoms with Gasteiger partial charge in [0.1, 0.15) is 13.2 Å². The van der Waals surface area contributed by atoms with Gasteiger partial charge in [-0.05, 0) is 36.4 Å². The molecule has 142 valence electrons. The van der Waals surface area contributed by atoms with Crippen LogP contribution in [0.3, 0.4) is 0 Å². The van der Waals surface area contributed by atoms with Crippen molar-refractivity contribution in [2.75, 3.05) is 29.6 Å². The normalized spacial score (nSPS) is 12.4. The summed E-state index contributed by atoms with van der Waals surface area (Å²) in [5.74, 6) is 1.31. The molecule has 0 bridgehead atoms. The number of ether oxygens (including phenoxy) is 2. The van der Waals surface area contributed by atoms with Crippen molar-refractivity contribution in [2.45, 2.75) is 18.2 Å². The third-order valence-electron chi connectivity index (χ3n) is 3.73. The Morgan fingerprint density at radius 2 is 1.81 bits per heavy atom. The first-order valence-corrected chi connectivity index (χ1v) is 9.83. The second-order valence-electron chi connectivity index (χ2n) is 5.74. The van der Waals surface area contributed by atoms with Crippen LogP contribution in [-0.2, 0) is 9.59 Å². The molecule has 6 nitrogen and oxygen atoms in total. The van der Waals surface area contributed by atoms with Crippen molar-refractivity contribution in [2.24, 2.45) is 0 Å². The molecule has 0 aromatic heterocycles. The molecule has 0 aliphatic carbocycles. The highest BCUT2D eigenvalue weighted by Crippen LogP contribution is 2.34. The number of halogens is 1. The first-order chi connectivity index (χ1) is 13.0. The lowest BCUT2D eigenvalue weighted by atomic mass is 10.2. The highest BCUT2D eigenvalue weighted by atomic mass is 35.5. The molecular formula is C19H19ClN2O4S. The third-order valence-corrected chi connectivity index (χ3v) is 5.05. The van der Waals surface area contributed by atoms with E-state index in [4.69, 9.17) is 21.1 Å². The largest absolute Gasteiger partial charge is 0.486 e. The summed E-state index contributed by atoms with van der Waals surface area (Å²) in [5.41, 5.74) is 1.04. The van der Waals surface area contributed by atoms with Gasteiger partial charge in [-0.25, -0.2) is 0 Å². The molecule has 1 heterocycles. The Morgan fingerprint density at radius 3 is 2.59 bits per heavy atom. The summed E-state index contributed by atoms with van der Waals surface area (Å²) < 4.78 is 11.0. The molecule has 0 unspecified atom stereocenters. The average molecular weight is 407 g/mol. The molecule has 2 amide bonds. The summed E-state index contributed by atoms with van der Waals surface area (Å²) in [6.07, 6.45) is 0.372. The number of nitrogens with one attached hydrogen (secondary N) is 2. The fourth-order valence-electron chi connectivity index (χ4n) is 2.40. The van der Waals surface area contributed by atoms with Gasteiger partial charge < -0.3 is 20.1 Å². The molecule has 27 heavy (non-hydrogen) atoms. The summed E-state index contributed by atoms with van der Waals surface area (Å²) in [5, 5.41) is 5.92. The van der Waals surface area contributed by atoms with Gasteiger partial charge >= 0.3 is 0 Å². The lowest BCUT2D eigenvalue weighted by Crippen LogP contribution is -2.16. The molecule has 0 saturated heterocycles. The highest BCUT2D eigenvalue weighted by molar-refractivity contribution is 8.00. The molecule has 0 atom stereocenters. The molecule has 1 aliphatic rings. The number of thioether (sulfide) groups is 1. The van der Waals surface area contributed by atoms with E-state index in [1.165, 1.54) is 11.8 Å². The van der Waals surface area contributed by atoms with Crippen molar-refractivity contribution in [1.29, 1.82) is 0 Å². The van der Waals surface area contributed by atoms with Gasteiger partial charge in [-0.15, -0.1) is 11.8 Å². The molecule has 3 rings (SSSR count). The number of benzene rings is 2. The van der Waals surface area contributed by atoms with Gasteiger partial charge in [0.2, 0.25) is 11.8 Å². The van der Waals surface area contributed by atoms with Gasteiger partial charge in [0, 0.05) is 17.0 Å². The van der Waals surface area contributed by atoms with Crippen LogP contribution in [0.2, 0.25) is 5.02 Å². The first-order valence-electron chi connectivity index (χ1n) is 8.47. The number of anilines is 2. The summed E-state index contributed by atoms with van der Waals surface area (Å²) >= 11 is 7.53. The molecule has 2 N–H and O–H groups in total. The van der Waals surface area contributed by atoms with E-state index in [1.807, 2.05) is 18.2 Å². The Balaban J connectivity index is 1.59. The predicted octanol–water partition coefficient (Wildman–Crippen LogP) is 4.19. The summed E-state index contributed by atoms with van der Waals surface area (Å²) in [7, 11) is 0. The Morgan fingerprint density at radius 1 is 1.04 bits per heavy atom. The lowest BCUT2D eigenvalue weighted by Gasteiger charge is -2.18. The fourth-order valence-corrected chi connectivity index (χ4v) is 3.29. The van der Waals surface area contributed by atoms with Gasteiger partial charge in [0.25, 0.3) is 0 Å². The second-order valence-corrected chi connectivity index (χ2v) is 7.19. The summed E-state index contributed by atoms with van der Waals surface area (Å²) in [6.45, 7) is 2.83. The Bertz CT molecular complexity index is 860. The smallest absolute Gasteiger partial charge is 0.234 e. The monoisotopic (exact) mass is 406 g/mol. The van der Waals surface area contributed by atoms with E-state index in [0.29, 0.717) is 47.5 Å². The molecule has 0 spiro atoms. The number of fused-ring (bicyclic) bond motifs is 1. The summed E-state index contributed by atoms with van der Waals surface area (Å²) in [4.78, 5) is 24.7. The third kappa shape index (κ3) is 5.30. The van der Waals surface area contributed by atoms with E-state index in [-0.39, 0.29) is 17.6 Å². The number of carbonyl (C=O) groups is 2. The van der Waals surface area contributed by atoms with Crippen LogP contribution in [0.5, 0.6) is 11.5 Å². The average Bonchev–Trinajstić information content (AvgIpc) is 2.68. The Kier molecular flexibility index (Phi) is 6.47. The van der Waals surface area contributed by atoms with E-state index in [0.717, 1.165) is 4.90 Å². The van der Waals surface area contributed by atoms with Crippen molar-refractivity contribution >= 4 is 46.6 Å². The first kappa shape index (κ1) is 19.4. The fraction of sp³-hybridized carbons (Fsp3) is 0.263. The minimum absolute atomic E-state index is 0.108. The maximum absolute atomic E-state index is 12.3. The van der Waals surface area contributed by atoms with E-state index >= 15 is 0 Å². The molecule has 0 fully saturated rings. The van der Waals surface area contributed by atoms with E-state index < -0.39 is 0 Å². The van der Waals surface area contributed by atoms with Crippen molar-refractivity contribution < 1.29 is 19.1 Å². The van der Waals surface area contributed by atoms with Gasteiger partial charge in [0.15, 0.2) is 11.5 Å². The van der Waals surface area contributed by atoms with E-state index in [2.05, 4.69) is 10.6 Å². The predicted molar refractivity (Wildman–Crippen MR) is 107 cm³/mol. The number of carbonyl (C=O) groups excluding carboxylic acids is 2. The molecule has 2 aromatic rings. The summed E-state index contributed by atoms with van der Waals surface area (Å²) in [6, 6.07) is 10.6. The van der Waals surface area contributed by atoms with Crippen molar-refractivity contribution in [3.8, 4) is 11.5 Å². The zero-order valence-electron chi connectivity index (χ0n) is 14.7. The second kappa shape index (κ2) is 9.01. The zero-order chi connectivity index (χ0) is 19.2. The van der Waals surface area contributed by atoms with Crippen LogP contribution in [0, 0.1) is 0 Å². The van der Waals surface area contributed by atoms with Gasteiger partial charge in [-0.2, -0.15) is 0 Å². The quantitative estimate of drug-likeness (QED) is 0.703. The van der Waals surface area contributed by atoms with Crippen LogP contribution in [0.1, 0.15) is 13.3 Å². The lowest BCUT2D eigenvalue weighted by molar-refractivity contribution is -0.116. The Labute approximate surface area is 166 Å². The molecule has 1 aliphatic heterocycles. The number of rotatable bonds is 6. The van der Waals surface area contributed by atoms with Crippen LogP contribution in [0.25, 0.3) is 0 Å². The zero-order valence-corrected chi connectivity index (χ0v) is 16.3. The van der Waals surface area contributed by atoms with Crippen LogP contribution in [-0.4, -0.2) is 30.8 Å². The standard InChI is InChI=1S/C19H19ClN2O4S/c1-2-18(23)21-12-3-5-14(20)15(9-12)22-19(24)11-27-13-4-6-16-17(10-13)26-8-7-25-16/h3-6,9-10H,2,7-8,11H2,1H3,(H,21,23)(H,22,24). The minimum atomic E-state index is -0.198. The molecule has 2 aromatic carbocycles. The molecule has 0 radical (unpaired) electrons. The molecular weight excluding hydrogens is 388 g/mol. The maximum Gasteiger partial charge on any atom is 0.234 e. The van der Waals surface area contributed by atoms with Crippen molar-refractivity contribution in [3.05, 3.63) is 41.4 Å². The van der Waals surface area contributed by atoms with E-state index in [1.54, 1.807) is 25.1 Å². The van der Waals surface area contributed by atoms with Crippen LogP contribution < -0.4 is 20.1 Å². The molecule has 0 saturated carbocycles. The van der Waals surface area contributed by atoms with Gasteiger partial charge in [-0.3, -0.25) is 9.59 Å².